The number of aromatic nitrogens is 4. The highest BCUT2D eigenvalue weighted by Crippen LogP contribution is 2.20. The Bertz CT molecular complexity index is 607. The van der Waals surface area contributed by atoms with E-state index in [1.54, 1.807) is 6.07 Å². The third kappa shape index (κ3) is 1.35. The van der Waals surface area contributed by atoms with Gasteiger partial charge in [0.15, 0.2) is 12.0 Å². The summed E-state index contributed by atoms with van der Waals surface area (Å²) in [7, 11) is 0. The molecule has 0 saturated heterocycles. The molecule has 0 amide bonds. The molecule has 0 spiro atoms. The topological polar surface area (TPSA) is 46.0 Å². The maximum Gasteiger partial charge on any atom is 0.199 e. The predicted molar refractivity (Wildman–Crippen MR) is 51.5 cm³/mol. The van der Waals surface area contributed by atoms with Crippen LogP contribution in [0.1, 0.15) is 0 Å². The second kappa shape index (κ2) is 3.13. The molecule has 16 heavy (non-hydrogen) atoms. The van der Waals surface area contributed by atoms with Gasteiger partial charge in [-0.15, -0.1) is 14.8 Å². The number of nitrogens with one attached hydrogen (secondary N) is 1. The molecule has 6 heteroatoms. The number of rotatable bonds is 1. The van der Waals surface area contributed by atoms with Crippen LogP contribution in [-0.2, 0) is 0 Å². The monoisotopic (exact) mass is 219 g/mol. The van der Waals surface area contributed by atoms with Crippen LogP contribution in [0.2, 0.25) is 0 Å². The first kappa shape index (κ1) is 9.02. The highest BCUT2D eigenvalue weighted by molar-refractivity contribution is 5.63. The first-order valence-corrected chi connectivity index (χ1v) is 4.51. The Kier molecular flexibility index (Phi) is 1.76. The van der Waals surface area contributed by atoms with Crippen LogP contribution in [0.3, 0.4) is 0 Å². The van der Waals surface area contributed by atoms with Crippen molar-refractivity contribution in [2.45, 2.75) is 0 Å². The van der Waals surface area contributed by atoms with Crippen LogP contribution < -0.4 is 0 Å². The number of H-pyrrole nitrogens is 1. The van der Waals surface area contributed by atoms with Gasteiger partial charge in [0, 0.05) is 17.7 Å². The molecule has 0 atom stereocenters. The fraction of sp³-hybridized carbons (Fsp3) is 0. The van der Waals surface area contributed by atoms with Crippen LogP contribution >= 0.6 is 0 Å². The zero-order valence-corrected chi connectivity index (χ0v) is 7.91. The maximum absolute atomic E-state index is 13.0. The quantitative estimate of drug-likeness (QED) is 0.678. The van der Waals surface area contributed by atoms with Crippen molar-refractivity contribution < 1.29 is 8.78 Å². The Morgan fingerprint density at radius 2 is 1.88 bits per heavy atom. The van der Waals surface area contributed by atoms with Gasteiger partial charge < -0.3 is 4.98 Å². The van der Waals surface area contributed by atoms with E-state index >= 15 is 0 Å². The van der Waals surface area contributed by atoms with E-state index in [0.29, 0.717) is 16.9 Å². The molecule has 0 unspecified atom stereocenters. The maximum atomic E-state index is 13.0. The first-order chi connectivity index (χ1) is 7.72. The molecule has 3 aromatic rings. The summed E-state index contributed by atoms with van der Waals surface area (Å²) >= 11 is 0. The van der Waals surface area contributed by atoms with E-state index in [2.05, 4.69) is 21.5 Å². The number of aromatic amines is 1. The van der Waals surface area contributed by atoms with Gasteiger partial charge in [-0.1, -0.05) is 0 Å². The summed E-state index contributed by atoms with van der Waals surface area (Å²) in [5.74, 6) is -1.27. The van der Waals surface area contributed by atoms with Gasteiger partial charge in [-0.2, -0.15) is 0 Å². The summed E-state index contributed by atoms with van der Waals surface area (Å²) in [6, 6.07) is 4.89. The van der Waals surface area contributed by atoms with E-state index in [9.17, 15) is 8.78 Å². The molecule has 3 rings (SSSR count). The van der Waals surface area contributed by atoms with Gasteiger partial charge >= 0.3 is 0 Å². The largest absolute Gasteiger partial charge is 0.319 e. The number of hydrogen-bond donors (Lipinski definition) is 1. The van der Waals surface area contributed by atoms with E-state index in [-0.39, 0.29) is 0 Å². The van der Waals surface area contributed by atoms with Crippen LogP contribution in [-0.4, -0.2) is 19.8 Å². The molecule has 0 fully saturated rings. The highest BCUT2D eigenvalue weighted by atomic mass is 19.1. The van der Waals surface area contributed by atoms with Crippen LogP contribution in [0, 0.1) is 18.0 Å². The normalized spacial score (nSPS) is 11.1. The molecule has 1 N–H and O–H groups in total. The molecule has 0 aliphatic rings. The van der Waals surface area contributed by atoms with Crippen molar-refractivity contribution in [2.75, 3.05) is 0 Å². The van der Waals surface area contributed by atoms with Gasteiger partial charge in [0.25, 0.3) is 0 Å². The van der Waals surface area contributed by atoms with Gasteiger partial charge in [-0.05, 0) is 12.1 Å². The van der Waals surface area contributed by atoms with Crippen molar-refractivity contribution in [3.8, 4) is 11.3 Å². The average molecular weight is 219 g/mol. The lowest BCUT2D eigenvalue weighted by Gasteiger charge is -1.96. The van der Waals surface area contributed by atoms with E-state index in [1.165, 1.54) is 16.8 Å². The summed E-state index contributed by atoms with van der Waals surface area (Å²) in [5, 5.41) is 7.78. The fourth-order valence-corrected chi connectivity index (χ4v) is 1.51. The smallest absolute Gasteiger partial charge is 0.199 e. The minimum absolute atomic E-state index is 0.372. The van der Waals surface area contributed by atoms with Crippen LogP contribution in [0.5, 0.6) is 0 Å². The third-order valence-electron chi connectivity index (χ3n) is 2.18. The average Bonchev–Trinajstić information content (AvgIpc) is 2.74. The lowest BCUT2D eigenvalue weighted by Crippen LogP contribution is -1.88. The summed E-state index contributed by atoms with van der Waals surface area (Å²) in [6.45, 7) is 0. The standard InChI is InChI=1S/C10H5F2N4/c11-7-1-6(2-8(12)3-7)9-4-10-13-5-14-16(10)15-9/h1-4H,(H,13,14). The van der Waals surface area contributed by atoms with Gasteiger partial charge in [0.05, 0.1) is 5.69 Å². The highest BCUT2D eigenvalue weighted by Gasteiger charge is 2.08. The SMILES string of the molecule is Fc1cc(F)cc(-c2cc3[nH][c]nn3n2)c1. The van der Waals surface area contributed by atoms with Crippen molar-refractivity contribution in [1.29, 1.82) is 0 Å². The van der Waals surface area contributed by atoms with E-state index < -0.39 is 11.6 Å². The molecular weight excluding hydrogens is 214 g/mol. The van der Waals surface area contributed by atoms with E-state index in [0.717, 1.165) is 6.07 Å². The van der Waals surface area contributed by atoms with Gasteiger partial charge in [0.2, 0.25) is 0 Å². The molecule has 0 aliphatic carbocycles. The molecule has 1 radical (unpaired) electrons. The zero-order valence-electron chi connectivity index (χ0n) is 7.91. The van der Waals surface area contributed by atoms with Gasteiger partial charge in [-0.25, -0.2) is 8.78 Å². The Labute approximate surface area is 88.5 Å². The van der Waals surface area contributed by atoms with Crippen LogP contribution in [0.25, 0.3) is 16.9 Å². The molecule has 2 heterocycles. The van der Waals surface area contributed by atoms with Crippen molar-refractivity contribution in [1.82, 2.24) is 19.8 Å². The fourth-order valence-electron chi connectivity index (χ4n) is 1.51. The Balaban J connectivity index is 2.18. The van der Waals surface area contributed by atoms with Gasteiger partial charge in [-0.3, -0.25) is 0 Å². The molecule has 0 saturated carbocycles. The zero-order chi connectivity index (χ0) is 11.1. The first-order valence-electron chi connectivity index (χ1n) is 4.51. The molecule has 0 aliphatic heterocycles. The van der Waals surface area contributed by atoms with Crippen LogP contribution in [0.15, 0.2) is 24.3 Å². The number of nitrogens with zero attached hydrogens (tertiary/aromatic N) is 3. The van der Waals surface area contributed by atoms with Crippen molar-refractivity contribution in [2.24, 2.45) is 0 Å². The van der Waals surface area contributed by atoms with Crippen molar-refractivity contribution in [3.05, 3.63) is 42.2 Å². The lowest BCUT2D eigenvalue weighted by atomic mass is 10.1. The van der Waals surface area contributed by atoms with Gasteiger partial charge in [0.1, 0.15) is 11.6 Å². The molecular formula is C10H5F2N4. The third-order valence-corrected chi connectivity index (χ3v) is 2.18. The second-order valence-electron chi connectivity index (χ2n) is 3.30. The minimum atomic E-state index is -0.633. The Morgan fingerprint density at radius 3 is 2.56 bits per heavy atom. The minimum Gasteiger partial charge on any atom is -0.319 e. The summed E-state index contributed by atoms with van der Waals surface area (Å²) in [5.41, 5.74) is 1.43. The molecule has 79 valence electrons. The Morgan fingerprint density at radius 1 is 1.12 bits per heavy atom. The number of hydrogen-bond acceptors (Lipinski definition) is 2. The lowest BCUT2D eigenvalue weighted by molar-refractivity contribution is 0.584. The van der Waals surface area contributed by atoms with E-state index in [1.807, 2.05) is 0 Å². The second-order valence-corrected chi connectivity index (χ2v) is 3.30. The Hall–Kier alpha value is -2.24. The van der Waals surface area contributed by atoms with Crippen molar-refractivity contribution >= 4 is 5.65 Å². The molecule has 1 aromatic carbocycles. The molecule has 2 aromatic heterocycles. The number of benzene rings is 1. The molecule has 0 bridgehead atoms. The number of fused-ring (bicyclic) bond motifs is 1. The molecule has 4 nitrogen and oxygen atoms in total. The van der Waals surface area contributed by atoms with Crippen molar-refractivity contribution in [3.63, 3.8) is 0 Å². The number of halogens is 2. The predicted octanol–water partition coefficient (Wildman–Crippen LogP) is 1.80. The summed E-state index contributed by atoms with van der Waals surface area (Å²) < 4.78 is 27.3. The summed E-state index contributed by atoms with van der Waals surface area (Å²) in [4.78, 5) is 2.72. The van der Waals surface area contributed by atoms with Crippen LogP contribution in [0.4, 0.5) is 8.78 Å². The summed E-state index contributed by atoms with van der Waals surface area (Å²) in [6.07, 6.45) is 2.50. The van der Waals surface area contributed by atoms with E-state index in [4.69, 9.17) is 0 Å².